The molecule has 6 heteroatoms. The first kappa shape index (κ1) is 14.3. The second-order valence-corrected chi connectivity index (χ2v) is 4.88. The van der Waals surface area contributed by atoms with Gasteiger partial charge in [0.05, 0.1) is 6.54 Å². The monoisotopic (exact) mass is 301 g/mol. The Morgan fingerprint density at radius 1 is 1.05 bits per heavy atom. The van der Waals surface area contributed by atoms with Crippen LogP contribution in [0.2, 0.25) is 0 Å². The summed E-state index contributed by atoms with van der Waals surface area (Å²) in [5, 5.41) is 18.1. The summed E-state index contributed by atoms with van der Waals surface area (Å²) >= 11 is 0. The van der Waals surface area contributed by atoms with Crippen molar-refractivity contribution in [2.45, 2.75) is 12.6 Å². The van der Waals surface area contributed by atoms with E-state index in [9.17, 15) is 13.9 Å². The highest BCUT2D eigenvalue weighted by atomic mass is 19.2. The molecule has 1 N–H and O–H groups in total. The van der Waals surface area contributed by atoms with Crippen molar-refractivity contribution < 1.29 is 13.9 Å². The summed E-state index contributed by atoms with van der Waals surface area (Å²) in [7, 11) is 0. The highest BCUT2D eigenvalue weighted by Gasteiger charge is 2.17. The van der Waals surface area contributed by atoms with E-state index in [0.717, 1.165) is 12.1 Å². The Bertz CT molecular complexity index is 774. The van der Waals surface area contributed by atoms with Gasteiger partial charge in [0.25, 0.3) is 0 Å². The number of aliphatic hydroxyl groups excluding tert-OH is 1. The van der Waals surface area contributed by atoms with Gasteiger partial charge < -0.3 is 9.67 Å². The molecular weight excluding hydrogens is 288 g/mol. The maximum atomic E-state index is 13.3. The lowest BCUT2D eigenvalue weighted by molar-refractivity contribution is 0.204. The van der Waals surface area contributed by atoms with E-state index in [0.29, 0.717) is 17.0 Å². The molecule has 0 saturated heterocycles. The summed E-state index contributed by atoms with van der Waals surface area (Å²) in [6, 6.07) is 12.7. The van der Waals surface area contributed by atoms with Crippen LogP contribution in [0.1, 0.15) is 23.1 Å². The van der Waals surface area contributed by atoms with Gasteiger partial charge >= 0.3 is 0 Å². The summed E-state index contributed by atoms with van der Waals surface area (Å²) in [6.07, 6.45) is 0.511. The molecule has 0 spiro atoms. The molecule has 0 radical (unpaired) electrons. The smallest absolute Gasteiger partial charge is 0.166 e. The summed E-state index contributed by atoms with van der Waals surface area (Å²) < 4.78 is 27.8. The first-order valence-electron chi connectivity index (χ1n) is 6.70. The van der Waals surface area contributed by atoms with Gasteiger partial charge in [-0.2, -0.15) is 0 Å². The van der Waals surface area contributed by atoms with E-state index in [1.807, 2.05) is 18.2 Å². The molecular formula is C16H13F2N3O. The third kappa shape index (κ3) is 2.87. The minimum atomic E-state index is -0.936. The van der Waals surface area contributed by atoms with Crippen molar-refractivity contribution in [3.05, 3.63) is 83.4 Å². The zero-order valence-corrected chi connectivity index (χ0v) is 11.5. The number of rotatable bonds is 4. The van der Waals surface area contributed by atoms with Gasteiger partial charge in [0, 0.05) is 0 Å². The zero-order chi connectivity index (χ0) is 15.5. The van der Waals surface area contributed by atoms with E-state index in [1.165, 1.54) is 12.4 Å². The van der Waals surface area contributed by atoms with Crippen LogP contribution in [-0.2, 0) is 6.54 Å². The third-order valence-electron chi connectivity index (χ3n) is 3.34. The van der Waals surface area contributed by atoms with Gasteiger partial charge in [-0.3, -0.25) is 0 Å². The molecule has 0 unspecified atom stereocenters. The van der Waals surface area contributed by atoms with E-state index < -0.39 is 17.7 Å². The van der Waals surface area contributed by atoms with E-state index in [2.05, 4.69) is 10.2 Å². The van der Waals surface area contributed by atoms with Crippen LogP contribution in [0.5, 0.6) is 0 Å². The zero-order valence-electron chi connectivity index (χ0n) is 11.5. The molecule has 0 aliphatic heterocycles. The van der Waals surface area contributed by atoms with Gasteiger partial charge in [-0.1, -0.05) is 36.4 Å². The average Bonchev–Trinajstić information content (AvgIpc) is 2.99. The fourth-order valence-corrected chi connectivity index (χ4v) is 2.22. The van der Waals surface area contributed by atoms with E-state index >= 15 is 0 Å². The number of nitrogens with zero attached hydrogens (tertiary/aromatic N) is 3. The third-order valence-corrected chi connectivity index (χ3v) is 3.34. The Hall–Kier alpha value is -2.60. The van der Waals surface area contributed by atoms with Crippen molar-refractivity contribution in [1.82, 2.24) is 14.8 Å². The molecule has 0 saturated carbocycles. The van der Waals surface area contributed by atoms with Crippen LogP contribution in [0.15, 0.2) is 54.9 Å². The first-order valence-corrected chi connectivity index (χ1v) is 6.70. The van der Waals surface area contributed by atoms with Crippen LogP contribution in [-0.4, -0.2) is 19.9 Å². The van der Waals surface area contributed by atoms with E-state index in [-0.39, 0.29) is 6.54 Å². The highest BCUT2D eigenvalue weighted by Crippen LogP contribution is 2.20. The largest absolute Gasteiger partial charge is 0.380 e. The van der Waals surface area contributed by atoms with Gasteiger partial charge in [0.2, 0.25) is 0 Å². The first-order chi connectivity index (χ1) is 10.6. The average molecular weight is 301 g/mol. The van der Waals surface area contributed by atoms with Crippen LogP contribution in [0.3, 0.4) is 0 Å². The summed E-state index contributed by atoms with van der Waals surface area (Å²) in [4.78, 5) is 0. The van der Waals surface area contributed by atoms with Gasteiger partial charge in [0.1, 0.15) is 12.4 Å². The number of halogens is 2. The molecule has 1 heterocycles. The van der Waals surface area contributed by atoms with Crippen LogP contribution in [0.4, 0.5) is 8.78 Å². The Labute approximate surface area is 125 Å². The van der Waals surface area contributed by atoms with Crippen molar-refractivity contribution in [3.63, 3.8) is 0 Å². The van der Waals surface area contributed by atoms with Gasteiger partial charge in [0.15, 0.2) is 17.5 Å². The molecule has 3 rings (SSSR count). The minimum Gasteiger partial charge on any atom is -0.380 e. The number of hydrogen-bond donors (Lipinski definition) is 1. The lowest BCUT2D eigenvalue weighted by Gasteiger charge is -2.12. The molecule has 112 valence electrons. The second kappa shape index (κ2) is 6.03. The molecule has 3 aromatic rings. The molecule has 4 nitrogen and oxygen atoms in total. The van der Waals surface area contributed by atoms with Crippen molar-refractivity contribution in [2.24, 2.45) is 0 Å². The van der Waals surface area contributed by atoms with Gasteiger partial charge in [-0.25, -0.2) is 8.78 Å². The molecule has 22 heavy (non-hydrogen) atoms. The van der Waals surface area contributed by atoms with Gasteiger partial charge in [-0.15, -0.1) is 10.2 Å². The standard InChI is InChI=1S/C16H13F2N3O/c17-13-7-6-11(8-14(13)18)9-21-10-19-20-16(21)15(22)12-4-2-1-3-5-12/h1-8,10,15,22H,9H2/t15-/m1/s1. The quantitative estimate of drug-likeness (QED) is 0.806. The summed E-state index contributed by atoms with van der Waals surface area (Å²) in [5.74, 6) is -1.45. The SMILES string of the molecule is O[C@H](c1ccccc1)c1nncn1Cc1ccc(F)c(F)c1. The number of aliphatic hydroxyl groups is 1. The number of benzene rings is 2. The molecule has 2 aromatic carbocycles. The highest BCUT2D eigenvalue weighted by molar-refractivity contribution is 5.23. The van der Waals surface area contributed by atoms with E-state index in [1.54, 1.807) is 16.7 Å². The maximum Gasteiger partial charge on any atom is 0.166 e. The van der Waals surface area contributed by atoms with Crippen LogP contribution < -0.4 is 0 Å². The lowest BCUT2D eigenvalue weighted by atomic mass is 10.1. The fourth-order valence-electron chi connectivity index (χ4n) is 2.22. The second-order valence-electron chi connectivity index (χ2n) is 4.88. The Kier molecular flexibility index (Phi) is 3.93. The molecule has 0 bridgehead atoms. The predicted octanol–water partition coefficient (Wildman–Crippen LogP) is 2.69. The molecule has 0 aliphatic carbocycles. The van der Waals surface area contributed by atoms with Crippen LogP contribution in [0.25, 0.3) is 0 Å². The Morgan fingerprint density at radius 3 is 2.55 bits per heavy atom. The topological polar surface area (TPSA) is 50.9 Å². The summed E-state index contributed by atoms with van der Waals surface area (Å²) in [6.45, 7) is 0.240. The molecule has 0 fully saturated rings. The van der Waals surface area contributed by atoms with Crippen molar-refractivity contribution >= 4 is 0 Å². The fraction of sp³-hybridized carbons (Fsp3) is 0.125. The minimum absolute atomic E-state index is 0.240. The molecule has 1 aromatic heterocycles. The molecule has 1 atom stereocenters. The lowest BCUT2D eigenvalue weighted by Crippen LogP contribution is -2.10. The van der Waals surface area contributed by atoms with Gasteiger partial charge in [-0.05, 0) is 23.3 Å². The summed E-state index contributed by atoms with van der Waals surface area (Å²) in [5.41, 5.74) is 1.24. The normalized spacial score (nSPS) is 12.3. The predicted molar refractivity (Wildman–Crippen MR) is 76.0 cm³/mol. The van der Waals surface area contributed by atoms with E-state index in [4.69, 9.17) is 0 Å². The van der Waals surface area contributed by atoms with Crippen molar-refractivity contribution in [1.29, 1.82) is 0 Å². The van der Waals surface area contributed by atoms with Crippen LogP contribution >= 0.6 is 0 Å². The number of aromatic nitrogens is 3. The molecule has 0 amide bonds. The van der Waals surface area contributed by atoms with Crippen LogP contribution in [0, 0.1) is 11.6 Å². The number of hydrogen-bond acceptors (Lipinski definition) is 3. The molecule has 0 aliphatic rings. The Balaban J connectivity index is 1.87. The van der Waals surface area contributed by atoms with Crippen molar-refractivity contribution in [2.75, 3.05) is 0 Å². The van der Waals surface area contributed by atoms with Crippen molar-refractivity contribution in [3.8, 4) is 0 Å². The maximum absolute atomic E-state index is 13.3. The Morgan fingerprint density at radius 2 is 1.82 bits per heavy atom.